The number of benzene rings is 1. The fourth-order valence-corrected chi connectivity index (χ4v) is 3.78. The summed E-state index contributed by atoms with van der Waals surface area (Å²) in [6.07, 6.45) is 8.47. The number of likely N-dealkylation sites (tertiary alicyclic amines) is 1. The van der Waals surface area contributed by atoms with Crippen LogP contribution in [0.3, 0.4) is 0 Å². The molecule has 0 aromatic heterocycles. The predicted octanol–water partition coefficient (Wildman–Crippen LogP) is 2.99. The third-order valence-electron chi connectivity index (χ3n) is 5.18. The van der Waals surface area contributed by atoms with Gasteiger partial charge in [-0.3, -0.25) is 4.79 Å². The van der Waals surface area contributed by atoms with Crippen LogP contribution >= 0.6 is 0 Å². The highest BCUT2D eigenvalue weighted by Crippen LogP contribution is 2.46. The summed E-state index contributed by atoms with van der Waals surface area (Å²) < 4.78 is 0. The van der Waals surface area contributed by atoms with Gasteiger partial charge in [0, 0.05) is 18.8 Å². The average Bonchev–Trinajstić information content (AvgIpc) is 2.90. The van der Waals surface area contributed by atoms with E-state index in [0.29, 0.717) is 11.8 Å². The van der Waals surface area contributed by atoms with E-state index in [0.717, 1.165) is 24.3 Å². The van der Waals surface area contributed by atoms with Gasteiger partial charge in [0.05, 0.1) is 6.42 Å². The van der Waals surface area contributed by atoms with Gasteiger partial charge in [-0.15, -0.1) is 0 Å². The largest absolute Gasteiger partial charge is 0.399 e. The third-order valence-corrected chi connectivity index (χ3v) is 5.18. The number of carbonyl (C=O) groups excluding carboxylic acids is 1. The second-order valence-corrected chi connectivity index (χ2v) is 6.51. The van der Waals surface area contributed by atoms with E-state index in [1.807, 2.05) is 24.3 Å². The Morgan fingerprint density at radius 3 is 2.25 bits per heavy atom. The molecular formula is C17H24N2O. The molecule has 3 heteroatoms. The standard InChI is InChI=1S/C17H24N2O/c18-15-5-3-14(4-6-15)13-16(20)19-11-9-17(10-12-19)7-1-2-8-17/h3-6H,1-2,7-13,18H2. The first kappa shape index (κ1) is 13.5. The van der Waals surface area contributed by atoms with E-state index in [1.54, 1.807) is 0 Å². The second-order valence-electron chi connectivity index (χ2n) is 6.51. The molecule has 1 aromatic rings. The first-order valence-corrected chi connectivity index (χ1v) is 7.79. The van der Waals surface area contributed by atoms with Gasteiger partial charge in [0.2, 0.25) is 5.91 Å². The van der Waals surface area contributed by atoms with E-state index in [1.165, 1.54) is 38.5 Å². The summed E-state index contributed by atoms with van der Waals surface area (Å²) >= 11 is 0. The van der Waals surface area contributed by atoms with Crippen LogP contribution in [0.25, 0.3) is 0 Å². The molecule has 0 unspecified atom stereocenters. The van der Waals surface area contributed by atoms with Crippen molar-refractivity contribution in [3.05, 3.63) is 29.8 Å². The lowest BCUT2D eigenvalue weighted by Crippen LogP contribution is -2.42. The molecule has 1 aliphatic carbocycles. The molecule has 2 aliphatic rings. The van der Waals surface area contributed by atoms with Crippen molar-refractivity contribution in [1.82, 2.24) is 4.90 Å². The number of hydrogen-bond donors (Lipinski definition) is 1. The van der Waals surface area contributed by atoms with Gasteiger partial charge in [0.1, 0.15) is 0 Å². The molecule has 108 valence electrons. The maximum Gasteiger partial charge on any atom is 0.226 e. The molecule has 1 saturated carbocycles. The summed E-state index contributed by atoms with van der Waals surface area (Å²) in [5.74, 6) is 0.266. The number of piperidine rings is 1. The van der Waals surface area contributed by atoms with E-state index >= 15 is 0 Å². The van der Waals surface area contributed by atoms with Crippen LogP contribution in [0.15, 0.2) is 24.3 Å². The van der Waals surface area contributed by atoms with Crippen molar-refractivity contribution in [2.75, 3.05) is 18.8 Å². The molecule has 2 fully saturated rings. The SMILES string of the molecule is Nc1ccc(CC(=O)N2CCC3(CCCC3)CC2)cc1. The maximum atomic E-state index is 12.4. The smallest absolute Gasteiger partial charge is 0.226 e. The number of nitrogens with zero attached hydrogens (tertiary/aromatic N) is 1. The number of hydrogen-bond acceptors (Lipinski definition) is 2. The quantitative estimate of drug-likeness (QED) is 0.841. The van der Waals surface area contributed by atoms with Gasteiger partial charge in [-0.2, -0.15) is 0 Å². The Morgan fingerprint density at radius 1 is 1.05 bits per heavy atom. The van der Waals surface area contributed by atoms with E-state index < -0.39 is 0 Å². The van der Waals surface area contributed by atoms with Crippen molar-refractivity contribution in [2.24, 2.45) is 5.41 Å². The summed E-state index contributed by atoms with van der Waals surface area (Å²) in [4.78, 5) is 14.4. The Balaban J connectivity index is 1.55. The lowest BCUT2D eigenvalue weighted by atomic mass is 9.77. The average molecular weight is 272 g/mol. The van der Waals surface area contributed by atoms with Crippen LogP contribution in [0.1, 0.15) is 44.1 Å². The first-order valence-electron chi connectivity index (χ1n) is 7.79. The molecule has 0 atom stereocenters. The monoisotopic (exact) mass is 272 g/mol. The zero-order valence-corrected chi connectivity index (χ0v) is 12.1. The van der Waals surface area contributed by atoms with Gasteiger partial charge >= 0.3 is 0 Å². The molecule has 0 bridgehead atoms. The number of rotatable bonds is 2. The van der Waals surface area contributed by atoms with Crippen molar-refractivity contribution in [3.63, 3.8) is 0 Å². The van der Waals surface area contributed by atoms with E-state index in [4.69, 9.17) is 5.73 Å². The molecule has 1 heterocycles. The minimum Gasteiger partial charge on any atom is -0.399 e. The Kier molecular flexibility index (Phi) is 3.68. The zero-order valence-electron chi connectivity index (χ0n) is 12.1. The van der Waals surface area contributed by atoms with Gasteiger partial charge in [0.25, 0.3) is 0 Å². The fraction of sp³-hybridized carbons (Fsp3) is 0.588. The van der Waals surface area contributed by atoms with Gasteiger partial charge < -0.3 is 10.6 Å². The number of carbonyl (C=O) groups is 1. The molecule has 1 aromatic carbocycles. The number of anilines is 1. The van der Waals surface area contributed by atoms with E-state index in [2.05, 4.69) is 4.90 Å². The zero-order chi connectivity index (χ0) is 14.0. The first-order chi connectivity index (χ1) is 9.67. The molecule has 2 N–H and O–H groups in total. The van der Waals surface area contributed by atoms with Crippen LogP contribution in [0.2, 0.25) is 0 Å². The predicted molar refractivity (Wildman–Crippen MR) is 81.3 cm³/mol. The normalized spacial score (nSPS) is 21.3. The molecule has 1 saturated heterocycles. The molecule has 1 spiro atoms. The Hall–Kier alpha value is -1.51. The summed E-state index contributed by atoms with van der Waals surface area (Å²) in [5.41, 5.74) is 8.07. The van der Waals surface area contributed by atoms with E-state index in [-0.39, 0.29) is 5.91 Å². The molecule has 3 nitrogen and oxygen atoms in total. The second kappa shape index (κ2) is 5.47. The van der Waals surface area contributed by atoms with Crippen LogP contribution in [-0.2, 0) is 11.2 Å². The van der Waals surface area contributed by atoms with Crippen molar-refractivity contribution >= 4 is 11.6 Å². The highest BCUT2D eigenvalue weighted by molar-refractivity contribution is 5.79. The highest BCUT2D eigenvalue weighted by atomic mass is 16.2. The van der Waals surface area contributed by atoms with Crippen LogP contribution in [-0.4, -0.2) is 23.9 Å². The number of amides is 1. The van der Waals surface area contributed by atoms with Crippen LogP contribution in [0.4, 0.5) is 5.69 Å². The Bertz CT molecular complexity index is 464. The lowest BCUT2D eigenvalue weighted by molar-refractivity contribution is -0.132. The van der Waals surface area contributed by atoms with Crippen molar-refractivity contribution < 1.29 is 4.79 Å². The van der Waals surface area contributed by atoms with Gasteiger partial charge in [-0.1, -0.05) is 25.0 Å². The van der Waals surface area contributed by atoms with Crippen LogP contribution in [0.5, 0.6) is 0 Å². The summed E-state index contributed by atoms with van der Waals surface area (Å²) in [7, 11) is 0. The topological polar surface area (TPSA) is 46.3 Å². The maximum absolute atomic E-state index is 12.4. The van der Waals surface area contributed by atoms with Gasteiger partial charge in [-0.05, 0) is 48.8 Å². The molecule has 3 rings (SSSR count). The Labute approximate surface area is 121 Å². The van der Waals surface area contributed by atoms with Crippen molar-refractivity contribution in [3.8, 4) is 0 Å². The molecule has 1 amide bonds. The number of nitrogens with two attached hydrogens (primary N) is 1. The molecular weight excluding hydrogens is 248 g/mol. The third kappa shape index (κ3) is 2.82. The van der Waals surface area contributed by atoms with Gasteiger partial charge in [-0.25, -0.2) is 0 Å². The van der Waals surface area contributed by atoms with Crippen LogP contribution in [0, 0.1) is 5.41 Å². The minimum absolute atomic E-state index is 0.266. The molecule has 0 radical (unpaired) electrons. The summed E-state index contributed by atoms with van der Waals surface area (Å²) in [6, 6.07) is 7.64. The van der Waals surface area contributed by atoms with E-state index in [9.17, 15) is 4.79 Å². The van der Waals surface area contributed by atoms with Crippen molar-refractivity contribution in [2.45, 2.75) is 44.9 Å². The van der Waals surface area contributed by atoms with Crippen molar-refractivity contribution in [1.29, 1.82) is 0 Å². The highest BCUT2D eigenvalue weighted by Gasteiger charge is 2.37. The van der Waals surface area contributed by atoms with Crippen LogP contribution < -0.4 is 5.73 Å². The molecule has 20 heavy (non-hydrogen) atoms. The molecule has 1 aliphatic heterocycles. The summed E-state index contributed by atoms with van der Waals surface area (Å²) in [6.45, 7) is 1.90. The van der Waals surface area contributed by atoms with Gasteiger partial charge in [0.15, 0.2) is 0 Å². The lowest BCUT2D eigenvalue weighted by Gasteiger charge is -2.39. The fourth-order valence-electron chi connectivity index (χ4n) is 3.78. The Morgan fingerprint density at radius 2 is 1.65 bits per heavy atom. The summed E-state index contributed by atoms with van der Waals surface area (Å²) in [5, 5.41) is 0. The minimum atomic E-state index is 0.266. The number of nitrogen functional groups attached to an aromatic ring is 1.